The van der Waals surface area contributed by atoms with Gasteiger partial charge in [0.25, 0.3) is 0 Å². The van der Waals surface area contributed by atoms with Crippen LogP contribution < -0.4 is 0 Å². The summed E-state index contributed by atoms with van der Waals surface area (Å²) < 4.78 is 9.88. The van der Waals surface area contributed by atoms with Crippen molar-refractivity contribution in [2.24, 2.45) is 0 Å². The highest BCUT2D eigenvalue weighted by atomic mass is 16.5. The predicted molar refractivity (Wildman–Crippen MR) is 115 cm³/mol. The Morgan fingerprint density at radius 1 is 0.630 bits per heavy atom. The fourth-order valence-corrected chi connectivity index (χ4v) is 2.16. The third kappa shape index (κ3) is 46.1. The summed E-state index contributed by atoms with van der Waals surface area (Å²) in [5, 5.41) is 26.0. The summed E-state index contributed by atoms with van der Waals surface area (Å²) in [5.41, 5.74) is 0. The number of ether oxygens (including phenoxy) is 2. The van der Waals surface area contributed by atoms with Crippen LogP contribution >= 0.6 is 0 Å². The maximum Gasteiger partial charge on any atom is 0.0701 e. The van der Waals surface area contributed by atoms with Crippen LogP contribution in [0.2, 0.25) is 0 Å². The van der Waals surface area contributed by atoms with E-state index in [2.05, 4.69) is 13.8 Å². The van der Waals surface area contributed by atoms with E-state index < -0.39 is 0 Å². The predicted octanol–water partition coefficient (Wildman–Crippen LogP) is 4.71. The van der Waals surface area contributed by atoms with E-state index in [9.17, 15) is 0 Å². The Kier molecular flexibility index (Phi) is 35.6. The summed E-state index contributed by atoms with van der Waals surface area (Å²) in [6.07, 6.45) is 11.9. The van der Waals surface area contributed by atoms with Crippen molar-refractivity contribution in [1.29, 1.82) is 0 Å². The molecule has 0 fully saturated rings. The molecule has 5 nitrogen and oxygen atoms in total. The molecule has 168 valence electrons. The van der Waals surface area contributed by atoms with E-state index in [1.54, 1.807) is 0 Å². The molecular weight excluding hydrogens is 344 g/mol. The number of unbranched alkanes of at least 4 members (excludes halogenated alkanes) is 6. The van der Waals surface area contributed by atoms with Gasteiger partial charge in [-0.3, -0.25) is 0 Å². The van der Waals surface area contributed by atoms with E-state index in [4.69, 9.17) is 24.8 Å². The number of aliphatic hydroxyl groups excluding tert-OH is 3. The highest BCUT2D eigenvalue weighted by Gasteiger charge is 1.94. The topological polar surface area (TPSA) is 79.2 Å². The average molecular weight is 395 g/mol. The minimum absolute atomic E-state index is 0.0894. The van der Waals surface area contributed by atoms with Gasteiger partial charge in [0, 0.05) is 6.61 Å². The van der Waals surface area contributed by atoms with E-state index >= 15 is 0 Å². The zero-order valence-electron chi connectivity index (χ0n) is 18.9. The minimum Gasteiger partial charge on any atom is -0.394 e. The minimum atomic E-state index is -0.0955. The van der Waals surface area contributed by atoms with Crippen LogP contribution in [0.5, 0.6) is 0 Å². The Balaban J connectivity index is -0.000000320. The highest BCUT2D eigenvalue weighted by molar-refractivity contribution is 4.48. The van der Waals surface area contributed by atoms with Crippen LogP contribution in [0.25, 0.3) is 0 Å². The zero-order valence-corrected chi connectivity index (χ0v) is 18.9. The van der Waals surface area contributed by atoms with E-state index in [0.717, 1.165) is 19.4 Å². The number of rotatable bonds is 16. The van der Waals surface area contributed by atoms with Gasteiger partial charge in [-0.25, -0.2) is 0 Å². The fraction of sp³-hybridized carbons (Fsp3) is 1.00. The van der Waals surface area contributed by atoms with Crippen molar-refractivity contribution in [3.8, 4) is 0 Å². The van der Waals surface area contributed by atoms with Crippen molar-refractivity contribution in [3.63, 3.8) is 0 Å². The maximum atomic E-state index is 8.85. The van der Waals surface area contributed by atoms with Gasteiger partial charge in [-0.05, 0) is 33.6 Å². The molecular formula is C22H50O5. The molecule has 0 saturated heterocycles. The van der Waals surface area contributed by atoms with E-state index in [1.165, 1.54) is 51.4 Å². The molecule has 0 rings (SSSR count). The van der Waals surface area contributed by atoms with Crippen LogP contribution in [-0.2, 0) is 9.47 Å². The van der Waals surface area contributed by atoms with Gasteiger partial charge in [0.15, 0.2) is 0 Å². The number of hydrogen-bond donors (Lipinski definition) is 3. The molecule has 0 aromatic carbocycles. The summed E-state index contributed by atoms with van der Waals surface area (Å²) in [6, 6.07) is 0. The number of hydrogen-bond acceptors (Lipinski definition) is 5. The van der Waals surface area contributed by atoms with Gasteiger partial charge in [-0.1, -0.05) is 65.2 Å². The molecule has 0 aliphatic heterocycles. The molecule has 0 bridgehead atoms. The summed E-state index contributed by atoms with van der Waals surface area (Å²) in [7, 11) is 0. The third-order valence-electron chi connectivity index (χ3n) is 3.76. The first kappa shape index (κ1) is 31.5. The standard InChI is InChI=1S/2C8H18O.C6H14O3/c2*1-3-4-5-6-7-8(2)9;1-2-8-5-6-9-4-3-7/h2*8-9H,3-7H2,1-2H3;7H,2-6H2,1H3. The Morgan fingerprint density at radius 2 is 1.07 bits per heavy atom. The van der Waals surface area contributed by atoms with Crippen LogP contribution in [0.4, 0.5) is 0 Å². The van der Waals surface area contributed by atoms with Crippen molar-refractivity contribution >= 4 is 0 Å². The van der Waals surface area contributed by atoms with Crippen molar-refractivity contribution in [2.45, 2.75) is 111 Å². The quantitative estimate of drug-likeness (QED) is 0.330. The molecule has 0 heterocycles. The smallest absolute Gasteiger partial charge is 0.0701 e. The summed E-state index contributed by atoms with van der Waals surface area (Å²) in [5.74, 6) is 0. The lowest BCUT2D eigenvalue weighted by molar-refractivity contribution is 0.0370. The maximum absolute atomic E-state index is 8.85. The Labute approximate surface area is 169 Å². The zero-order chi connectivity index (χ0) is 21.2. The lowest BCUT2D eigenvalue weighted by atomic mass is 10.1. The van der Waals surface area contributed by atoms with E-state index in [0.29, 0.717) is 19.8 Å². The summed E-state index contributed by atoms with van der Waals surface area (Å²) in [4.78, 5) is 0. The molecule has 0 aromatic rings. The highest BCUT2D eigenvalue weighted by Crippen LogP contribution is 2.04. The van der Waals surface area contributed by atoms with Crippen LogP contribution in [-0.4, -0.2) is 60.6 Å². The van der Waals surface area contributed by atoms with Gasteiger partial charge < -0.3 is 24.8 Å². The first-order valence-electron chi connectivity index (χ1n) is 11.1. The van der Waals surface area contributed by atoms with Crippen LogP contribution in [0.15, 0.2) is 0 Å². The van der Waals surface area contributed by atoms with Crippen molar-refractivity contribution in [1.82, 2.24) is 0 Å². The molecule has 2 atom stereocenters. The van der Waals surface area contributed by atoms with Gasteiger partial charge in [0.05, 0.1) is 38.6 Å². The second kappa shape index (κ2) is 30.5. The molecule has 5 heteroatoms. The molecule has 0 saturated carbocycles. The van der Waals surface area contributed by atoms with Crippen LogP contribution in [0.1, 0.15) is 98.8 Å². The second-order valence-corrected chi connectivity index (χ2v) is 6.93. The molecule has 27 heavy (non-hydrogen) atoms. The first-order valence-corrected chi connectivity index (χ1v) is 11.1. The Hall–Kier alpha value is -0.200. The lowest BCUT2D eigenvalue weighted by Crippen LogP contribution is -2.06. The van der Waals surface area contributed by atoms with E-state index in [1.807, 2.05) is 20.8 Å². The Bertz CT molecular complexity index is 201. The fourth-order valence-electron chi connectivity index (χ4n) is 2.16. The average Bonchev–Trinajstić information content (AvgIpc) is 2.63. The number of aliphatic hydroxyl groups is 3. The van der Waals surface area contributed by atoms with Gasteiger partial charge in [0.1, 0.15) is 0 Å². The third-order valence-corrected chi connectivity index (χ3v) is 3.76. The van der Waals surface area contributed by atoms with Crippen LogP contribution in [0.3, 0.4) is 0 Å². The lowest BCUT2D eigenvalue weighted by Gasteiger charge is -2.01. The summed E-state index contributed by atoms with van der Waals surface area (Å²) >= 11 is 0. The van der Waals surface area contributed by atoms with Gasteiger partial charge >= 0.3 is 0 Å². The van der Waals surface area contributed by atoms with Gasteiger partial charge in [-0.15, -0.1) is 0 Å². The molecule has 3 N–H and O–H groups in total. The van der Waals surface area contributed by atoms with Gasteiger partial charge in [0.2, 0.25) is 0 Å². The van der Waals surface area contributed by atoms with Gasteiger partial charge in [-0.2, -0.15) is 0 Å². The second-order valence-electron chi connectivity index (χ2n) is 6.93. The monoisotopic (exact) mass is 394 g/mol. The van der Waals surface area contributed by atoms with Crippen molar-refractivity contribution < 1.29 is 24.8 Å². The van der Waals surface area contributed by atoms with Crippen molar-refractivity contribution in [3.05, 3.63) is 0 Å². The normalized spacial score (nSPS) is 12.4. The van der Waals surface area contributed by atoms with Crippen LogP contribution in [0, 0.1) is 0 Å². The molecule has 0 radical (unpaired) electrons. The molecule has 0 aliphatic carbocycles. The molecule has 0 aliphatic rings. The molecule has 0 aromatic heterocycles. The first-order chi connectivity index (χ1) is 13.0. The molecule has 0 amide bonds. The van der Waals surface area contributed by atoms with Crippen molar-refractivity contribution in [2.75, 3.05) is 33.0 Å². The Morgan fingerprint density at radius 3 is 1.41 bits per heavy atom. The SMILES string of the molecule is CCCCCCC(C)O.CCCCCCC(C)O.CCOCCOCCO. The van der Waals surface area contributed by atoms with E-state index in [-0.39, 0.29) is 18.8 Å². The largest absolute Gasteiger partial charge is 0.394 e. The summed E-state index contributed by atoms with van der Waals surface area (Å²) in [6.45, 7) is 12.5. The molecule has 2 unspecified atom stereocenters. The molecule has 0 spiro atoms.